The van der Waals surface area contributed by atoms with Gasteiger partial charge in [-0.2, -0.15) is 0 Å². The van der Waals surface area contributed by atoms with Gasteiger partial charge in [-0.1, -0.05) is 34.1 Å². The van der Waals surface area contributed by atoms with Crippen LogP contribution in [-0.2, 0) is 9.53 Å². The molecule has 0 aliphatic heterocycles. The van der Waals surface area contributed by atoms with Gasteiger partial charge in [0, 0.05) is 10.0 Å². The highest BCUT2D eigenvalue weighted by atomic mass is 79.9. The lowest BCUT2D eigenvalue weighted by atomic mass is 10.2. The summed E-state index contributed by atoms with van der Waals surface area (Å²) in [5, 5.41) is 0. The van der Waals surface area contributed by atoms with Crippen molar-refractivity contribution in [2.45, 2.75) is 19.7 Å². The maximum absolute atomic E-state index is 12.3. The number of ether oxygens (including phenoxy) is 2. The molecule has 20 heavy (non-hydrogen) atoms. The predicted octanol–water partition coefficient (Wildman–Crippen LogP) is 4.31. The van der Waals surface area contributed by atoms with Crippen molar-refractivity contribution in [3.63, 3.8) is 0 Å². The summed E-state index contributed by atoms with van der Waals surface area (Å²) in [7, 11) is 0. The highest BCUT2D eigenvalue weighted by Crippen LogP contribution is 2.30. The summed E-state index contributed by atoms with van der Waals surface area (Å²) >= 11 is 3.07. The van der Waals surface area contributed by atoms with E-state index in [2.05, 4.69) is 20.7 Å². The topological polar surface area (TPSA) is 35.5 Å². The molecule has 0 aromatic heterocycles. The van der Waals surface area contributed by atoms with E-state index in [0.717, 1.165) is 0 Å². The van der Waals surface area contributed by atoms with Crippen molar-refractivity contribution in [2.24, 2.45) is 0 Å². The number of benzene rings is 1. The van der Waals surface area contributed by atoms with Crippen LogP contribution in [0.25, 0.3) is 6.08 Å². The fraction of sp³-hybridized carbons (Fsp3) is 0.308. The Hall–Kier alpha value is -1.50. The van der Waals surface area contributed by atoms with Crippen LogP contribution < -0.4 is 4.74 Å². The van der Waals surface area contributed by atoms with Gasteiger partial charge in [-0.25, -0.2) is 0 Å². The lowest BCUT2D eigenvalue weighted by Gasteiger charge is -2.11. The van der Waals surface area contributed by atoms with Gasteiger partial charge in [0.15, 0.2) is 0 Å². The number of carbonyl (C=O) groups is 1. The van der Waals surface area contributed by atoms with Gasteiger partial charge in [-0.15, -0.1) is 13.2 Å². The van der Waals surface area contributed by atoms with E-state index >= 15 is 0 Å². The highest BCUT2D eigenvalue weighted by Gasteiger charge is 2.31. The second-order valence-electron chi connectivity index (χ2n) is 3.64. The molecule has 0 fully saturated rings. The van der Waals surface area contributed by atoms with Gasteiger partial charge in [0.1, 0.15) is 5.75 Å². The van der Waals surface area contributed by atoms with E-state index in [0.29, 0.717) is 4.47 Å². The van der Waals surface area contributed by atoms with E-state index in [-0.39, 0.29) is 24.3 Å². The van der Waals surface area contributed by atoms with E-state index in [1.54, 1.807) is 13.0 Å². The van der Waals surface area contributed by atoms with Crippen LogP contribution in [0.1, 0.15) is 18.9 Å². The first kappa shape index (κ1) is 16.6. The molecule has 0 aliphatic carbocycles. The lowest BCUT2D eigenvalue weighted by Crippen LogP contribution is -2.17. The minimum atomic E-state index is -4.77. The summed E-state index contributed by atoms with van der Waals surface area (Å²) in [6.07, 6.45) is -1.99. The molecule has 1 aromatic carbocycles. The predicted molar refractivity (Wildman–Crippen MR) is 71.1 cm³/mol. The fourth-order valence-electron chi connectivity index (χ4n) is 1.36. The summed E-state index contributed by atoms with van der Waals surface area (Å²) in [6, 6.07) is 4.23. The monoisotopic (exact) mass is 352 g/mol. The normalized spacial score (nSPS) is 11.7. The molecule has 1 aromatic rings. The van der Waals surface area contributed by atoms with E-state index in [4.69, 9.17) is 4.74 Å². The van der Waals surface area contributed by atoms with Crippen molar-refractivity contribution in [1.29, 1.82) is 0 Å². The maximum atomic E-state index is 12.3. The summed E-state index contributed by atoms with van der Waals surface area (Å²) in [6.45, 7) is 1.93. The molecule has 3 nitrogen and oxygen atoms in total. The summed E-state index contributed by atoms with van der Waals surface area (Å²) in [4.78, 5) is 11.1. The first-order valence-corrected chi connectivity index (χ1v) is 6.48. The van der Waals surface area contributed by atoms with Crippen LogP contribution in [0, 0.1) is 0 Å². The molecule has 1 rings (SSSR count). The molecular formula is C13H12BrF3O3. The third-order valence-electron chi connectivity index (χ3n) is 2.09. The van der Waals surface area contributed by atoms with Crippen molar-refractivity contribution in [1.82, 2.24) is 0 Å². The number of rotatable bonds is 5. The van der Waals surface area contributed by atoms with Crippen LogP contribution in [0.3, 0.4) is 0 Å². The van der Waals surface area contributed by atoms with Crippen LogP contribution in [0.4, 0.5) is 13.2 Å². The molecule has 110 valence electrons. The van der Waals surface area contributed by atoms with Gasteiger partial charge in [0.25, 0.3) is 0 Å². The molecule has 0 bridgehead atoms. The largest absolute Gasteiger partial charge is 0.573 e. The van der Waals surface area contributed by atoms with E-state index in [9.17, 15) is 18.0 Å². The Morgan fingerprint density at radius 1 is 1.40 bits per heavy atom. The molecular weight excluding hydrogens is 341 g/mol. The SMILES string of the molecule is CCOC(=O)CC=Cc1ccc(Br)cc1OC(F)(F)F. The Morgan fingerprint density at radius 2 is 2.10 bits per heavy atom. The van der Waals surface area contributed by atoms with Gasteiger partial charge in [0.2, 0.25) is 0 Å². The first-order chi connectivity index (χ1) is 9.31. The number of halogens is 4. The van der Waals surface area contributed by atoms with E-state index in [1.807, 2.05) is 0 Å². The number of hydrogen-bond donors (Lipinski definition) is 0. The summed E-state index contributed by atoms with van der Waals surface area (Å²) in [5.41, 5.74) is 0.217. The van der Waals surface area contributed by atoms with E-state index in [1.165, 1.54) is 24.3 Å². The van der Waals surface area contributed by atoms with Gasteiger partial charge < -0.3 is 9.47 Å². The number of alkyl halides is 3. The molecule has 0 spiro atoms. The second-order valence-corrected chi connectivity index (χ2v) is 4.56. The Morgan fingerprint density at radius 3 is 2.70 bits per heavy atom. The molecule has 0 aliphatic rings. The minimum absolute atomic E-state index is 0.0185. The average Bonchev–Trinajstić information content (AvgIpc) is 2.30. The van der Waals surface area contributed by atoms with Crippen LogP contribution in [-0.4, -0.2) is 18.9 Å². The number of esters is 1. The molecule has 0 saturated carbocycles. The minimum Gasteiger partial charge on any atom is -0.466 e. The molecule has 0 saturated heterocycles. The lowest BCUT2D eigenvalue weighted by molar-refractivity contribution is -0.274. The second kappa shape index (κ2) is 7.33. The van der Waals surface area contributed by atoms with Gasteiger partial charge in [-0.3, -0.25) is 4.79 Å². The van der Waals surface area contributed by atoms with Crippen LogP contribution in [0.15, 0.2) is 28.7 Å². The molecule has 7 heteroatoms. The molecule has 0 atom stereocenters. The highest BCUT2D eigenvalue weighted by molar-refractivity contribution is 9.10. The molecule has 0 amide bonds. The van der Waals surface area contributed by atoms with Crippen molar-refractivity contribution >= 4 is 28.0 Å². The maximum Gasteiger partial charge on any atom is 0.573 e. The molecule has 0 radical (unpaired) electrons. The van der Waals surface area contributed by atoms with Gasteiger partial charge >= 0.3 is 12.3 Å². The molecule has 0 N–H and O–H groups in total. The molecule has 0 unspecified atom stereocenters. The third kappa shape index (κ3) is 6.10. The number of carbonyl (C=O) groups excluding carboxylic acids is 1. The zero-order valence-electron chi connectivity index (χ0n) is 10.5. The Bertz CT molecular complexity index is 498. The standard InChI is InChI=1S/C13H12BrF3O3/c1-2-19-12(18)5-3-4-9-6-7-10(14)8-11(9)20-13(15,16)17/h3-4,6-8H,2,5H2,1H3. The van der Waals surface area contributed by atoms with Crippen LogP contribution in [0.5, 0.6) is 5.75 Å². The fourth-order valence-corrected chi connectivity index (χ4v) is 1.70. The summed E-state index contributed by atoms with van der Waals surface area (Å²) < 4.78 is 45.9. The quantitative estimate of drug-likeness (QED) is 0.740. The van der Waals surface area contributed by atoms with Crippen molar-refractivity contribution in [2.75, 3.05) is 6.61 Å². The number of hydrogen-bond acceptors (Lipinski definition) is 3. The van der Waals surface area contributed by atoms with Crippen molar-refractivity contribution in [3.05, 3.63) is 34.3 Å². The zero-order valence-corrected chi connectivity index (χ0v) is 12.1. The third-order valence-corrected chi connectivity index (χ3v) is 2.58. The van der Waals surface area contributed by atoms with E-state index < -0.39 is 12.3 Å². The zero-order chi connectivity index (χ0) is 15.2. The van der Waals surface area contributed by atoms with Crippen molar-refractivity contribution in [3.8, 4) is 5.75 Å². The van der Waals surface area contributed by atoms with Crippen LogP contribution in [0.2, 0.25) is 0 Å². The van der Waals surface area contributed by atoms with Crippen LogP contribution >= 0.6 is 15.9 Å². The van der Waals surface area contributed by atoms with Gasteiger partial charge in [-0.05, 0) is 19.1 Å². The average molecular weight is 353 g/mol. The Balaban J connectivity index is 2.83. The smallest absolute Gasteiger partial charge is 0.466 e. The summed E-state index contributed by atoms with van der Waals surface area (Å²) in [5.74, 6) is -0.786. The first-order valence-electron chi connectivity index (χ1n) is 5.69. The van der Waals surface area contributed by atoms with Gasteiger partial charge in [0.05, 0.1) is 13.0 Å². The Labute approximate surface area is 122 Å². The Kier molecular flexibility index (Phi) is 6.06. The van der Waals surface area contributed by atoms with Crippen molar-refractivity contribution < 1.29 is 27.4 Å². The molecule has 0 heterocycles.